The third-order valence-corrected chi connectivity index (χ3v) is 4.41. The molecule has 1 N–H and O–H groups in total. The minimum absolute atomic E-state index is 0.0794. The maximum absolute atomic E-state index is 12.7. The molecule has 3 aromatic carbocycles. The first kappa shape index (κ1) is 19.5. The molecule has 0 spiro atoms. The Bertz CT molecular complexity index is 894. The molecule has 4 nitrogen and oxygen atoms in total. The van der Waals surface area contributed by atoms with Crippen LogP contribution in [0, 0.1) is 0 Å². The Morgan fingerprint density at radius 2 is 1.61 bits per heavy atom. The van der Waals surface area contributed by atoms with Crippen LogP contribution in [0.5, 0.6) is 11.5 Å². The van der Waals surface area contributed by atoms with E-state index < -0.39 is 0 Å². The zero-order valence-electron chi connectivity index (χ0n) is 16.2. The van der Waals surface area contributed by atoms with Crippen molar-refractivity contribution in [2.45, 2.75) is 26.5 Å². The first-order valence-electron chi connectivity index (χ1n) is 9.46. The van der Waals surface area contributed by atoms with Crippen LogP contribution in [0.4, 0.5) is 0 Å². The predicted molar refractivity (Wildman–Crippen MR) is 111 cm³/mol. The zero-order valence-corrected chi connectivity index (χ0v) is 16.2. The highest BCUT2D eigenvalue weighted by Crippen LogP contribution is 2.23. The number of carbonyl (C=O) groups is 1. The lowest BCUT2D eigenvalue weighted by Gasteiger charge is -2.16. The third kappa shape index (κ3) is 5.13. The van der Waals surface area contributed by atoms with Gasteiger partial charge in [-0.25, -0.2) is 0 Å². The van der Waals surface area contributed by atoms with E-state index in [0.29, 0.717) is 18.8 Å². The van der Waals surface area contributed by atoms with Gasteiger partial charge < -0.3 is 14.8 Å². The van der Waals surface area contributed by atoms with Crippen LogP contribution in [0.15, 0.2) is 78.9 Å². The molecule has 0 aliphatic heterocycles. The molecule has 3 aromatic rings. The standard InChI is InChI=1S/C24H25NO3/c1-3-27-23-15-14-20(16-21(23)17-28-22-12-8-5-9-13-22)24(26)25-18(2)19-10-6-4-7-11-19/h4-16,18H,3,17H2,1-2H3,(H,25,26)/t18-/m1/s1. The Balaban J connectivity index is 1.74. The summed E-state index contributed by atoms with van der Waals surface area (Å²) in [6.07, 6.45) is 0. The quantitative estimate of drug-likeness (QED) is 0.592. The fraction of sp³-hybridized carbons (Fsp3) is 0.208. The summed E-state index contributed by atoms with van der Waals surface area (Å²) in [5.74, 6) is 1.38. The number of carbonyl (C=O) groups excluding carboxylic acids is 1. The topological polar surface area (TPSA) is 47.6 Å². The lowest BCUT2D eigenvalue weighted by molar-refractivity contribution is 0.0939. The van der Waals surface area contributed by atoms with Crippen LogP contribution in [-0.2, 0) is 6.61 Å². The van der Waals surface area contributed by atoms with Gasteiger partial charge in [0.1, 0.15) is 18.1 Å². The second-order valence-electron chi connectivity index (χ2n) is 6.46. The van der Waals surface area contributed by atoms with Crippen molar-refractivity contribution < 1.29 is 14.3 Å². The Kier molecular flexibility index (Phi) is 6.68. The highest BCUT2D eigenvalue weighted by molar-refractivity contribution is 5.94. The highest BCUT2D eigenvalue weighted by atomic mass is 16.5. The summed E-state index contributed by atoms with van der Waals surface area (Å²) in [5.41, 5.74) is 2.48. The molecule has 0 fully saturated rings. The molecule has 0 radical (unpaired) electrons. The Morgan fingerprint density at radius 1 is 0.929 bits per heavy atom. The van der Waals surface area contributed by atoms with Gasteiger partial charge in [0, 0.05) is 11.1 Å². The van der Waals surface area contributed by atoms with E-state index in [2.05, 4.69) is 5.32 Å². The minimum atomic E-state index is -0.125. The largest absolute Gasteiger partial charge is 0.493 e. The number of para-hydroxylation sites is 1. The van der Waals surface area contributed by atoms with Crippen molar-refractivity contribution in [3.8, 4) is 11.5 Å². The molecule has 1 atom stereocenters. The molecule has 0 aromatic heterocycles. The van der Waals surface area contributed by atoms with Gasteiger partial charge in [-0.1, -0.05) is 48.5 Å². The predicted octanol–water partition coefficient (Wildman–Crippen LogP) is 5.16. The van der Waals surface area contributed by atoms with E-state index in [-0.39, 0.29) is 11.9 Å². The Labute approximate surface area is 166 Å². The normalized spacial score (nSPS) is 11.5. The van der Waals surface area contributed by atoms with Gasteiger partial charge in [0.05, 0.1) is 12.6 Å². The van der Waals surface area contributed by atoms with Crippen molar-refractivity contribution in [1.82, 2.24) is 5.32 Å². The number of hydrogen-bond acceptors (Lipinski definition) is 3. The maximum Gasteiger partial charge on any atom is 0.251 e. The van der Waals surface area contributed by atoms with E-state index in [1.165, 1.54) is 0 Å². The fourth-order valence-electron chi connectivity index (χ4n) is 2.91. The lowest BCUT2D eigenvalue weighted by atomic mass is 10.1. The van der Waals surface area contributed by atoms with E-state index in [1.54, 1.807) is 6.07 Å². The third-order valence-electron chi connectivity index (χ3n) is 4.41. The van der Waals surface area contributed by atoms with Gasteiger partial charge in [-0.3, -0.25) is 4.79 Å². The second-order valence-corrected chi connectivity index (χ2v) is 6.46. The molecule has 0 heterocycles. The van der Waals surface area contributed by atoms with Gasteiger partial charge in [0.2, 0.25) is 0 Å². The van der Waals surface area contributed by atoms with Crippen LogP contribution in [0.25, 0.3) is 0 Å². The highest BCUT2D eigenvalue weighted by Gasteiger charge is 2.14. The maximum atomic E-state index is 12.7. The minimum Gasteiger partial charge on any atom is -0.493 e. The molecular weight excluding hydrogens is 350 g/mol. The van der Waals surface area contributed by atoms with Gasteiger partial charge in [-0.15, -0.1) is 0 Å². The second kappa shape index (κ2) is 9.60. The molecule has 0 unspecified atom stereocenters. The summed E-state index contributed by atoms with van der Waals surface area (Å²) in [7, 11) is 0. The molecular formula is C24H25NO3. The van der Waals surface area contributed by atoms with E-state index in [0.717, 1.165) is 22.6 Å². The van der Waals surface area contributed by atoms with Crippen molar-refractivity contribution in [3.63, 3.8) is 0 Å². The summed E-state index contributed by atoms with van der Waals surface area (Å²) in [5, 5.41) is 3.04. The summed E-state index contributed by atoms with van der Waals surface area (Å²) >= 11 is 0. The van der Waals surface area contributed by atoms with Crippen LogP contribution in [0.1, 0.15) is 41.4 Å². The molecule has 0 aliphatic rings. The van der Waals surface area contributed by atoms with Gasteiger partial charge in [0.15, 0.2) is 0 Å². The average Bonchev–Trinajstić information content (AvgIpc) is 2.74. The lowest BCUT2D eigenvalue weighted by Crippen LogP contribution is -2.26. The summed E-state index contributed by atoms with van der Waals surface area (Å²) < 4.78 is 11.6. The number of rotatable bonds is 8. The van der Waals surface area contributed by atoms with E-state index in [9.17, 15) is 4.79 Å². The number of hydrogen-bond donors (Lipinski definition) is 1. The summed E-state index contributed by atoms with van der Waals surface area (Å²) in [4.78, 5) is 12.7. The molecule has 0 aliphatic carbocycles. The van der Waals surface area contributed by atoms with Gasteiger partial charge in [0.25, 0.3) is 5.91 Å². The number of benzene rings is 3. The molecule has 4 heteroatoms. The molecule has 3 rings (SSSR count). The monoisotopic (exact) mass is 375 g/mol. The fourth-order valence-corrected chi connectivity index (χ4v) is 2.91. The first-order chi connectivity index (χ1) is 13.7. The first-order valence-corrected chi connectivity index (χ1v) is 9.46. The van der Waals surface area contributed by atoms with Crippen molar-refractivity contribution in [2.24, 2.45) is 0 Å². The number of nitrogens with one attached hydrogen (secondary N) is 1. The van der Waals surface area contributed by atoms with E-state index in [1.807, 2.05) is 86.6 Å². The summed E-state index contributed by atoms with van der Waals surface area (Å²) in [6, 6.07) is 24.9. The van der Waals surface area contributed by atoms with Crippen molar-refractivity contribution in [2.75, 3.05) is 6.61 Å². The van der Waals surface area contributed by atoms with Gasteiger partial charge >= 0.3 is 0 Å². The molecule has 28 heavy (non-hydrogen) atoms. The number of amides is 1. The smallest absolute Gasteiger partial charge is 0.251 e. The Morgan fingerprint density at radius 3 is 2.29 bits per heavy atom. The van der Waals surface area contributed by atoms with Crippen LogP contribution >= 0.6 is 0 Å². The molecule has 0 bridgehead atoms. The molecule has 0 saturated heterocycles. The van der Waals surface area contributed by atoms with Crippen molar-refractivity contribution in [1.29, 1.82) is 0 Å². The van der Waals surface area contributed by atoms with Gasteiger partial charge in [-0.05, 0) is 49.7 Å². The molecule has 144 valence electrons. The van der Waals surface area contributed by atoms with Gasteiger partial charge in [-0.2, -0.15) is 0 Å². The van der Waals surface area contributed by atoms with Crippen molar-refractivity contribution in [3.05, 3.63) is 95.6 Å². The molecule has 1 amide bonds. The zero-order chi connectivity index (χ0) is 19.8. The SMILES string of the molecule is CCOc1ccc(C(=O)N[C@H](C)c2ccccc2)cc1COc1ccccc1. The van der Waals surface area contributed by atoms with E-state index >= 15 is 0 Å². The number of ether oxygens (including phenoxy) is 2. The Hall–Kier alpha value is -3.27. The van der Waals surface area contributed by atoms with Crippen LogP contribution in [0.3, 0.4) is 0 Å². The van der Waals surface area contributed by atoms with Crippen LogP contribution < -0.4 is 14.8 Å². The van der Waals surface area contributed by atoms with Crippen LogP contribution in [0.2, 0.25) is 0 Å². The van der Waals surface area contributed by atoms with Crippen LogP contribution in [-0.4, -0.2) is 12.5 Å². The average molecular weight is 375 g/mol. The van der Waals surface area contributed by atoms with E-state index in [4.69, 9.17) is 9.47 Å². The summed E-state index contributed by atoms with van der Waals surface area (Å²) in [6.45, 7) is 4.79. The molecule has 0 saturated carbocycles. The van der Waals surface area contributed by atoms with Crippen molar-refractivity contribution >= 4 is 5.91 Å².